The molecule has 3 saturated heterocycles. The van der Waals surface area contributed by atoms with Gasteiger partial charge < -0.3 is 0 Å². The molecule has 8 heteroatoms. The van der Waals surface area contributed by atoms with Crippen LogP contribution in [0.3, 0.4) is 0 Å². The fourth-order valence-electron chi connectivity index (χ4n) is 4.21. The molecule has 3 fully saturated rings. The summed E-state index contributed by atoms with van der Waals surface area (Å²) in [6.45, 7) is 8.77. The highest BCUT2D eigenvalue weighted by molar-refractivity contribution is 7.86. The molecule has 26 heavy (non-hydrogen) atoms. The summed E-state index contributed by atoms with van der Waals surface area (Å²) in [6, 6.07) is 2.34. The van der Waals surface area contributed by atoms with Gasteiger partial charge in [-0.2, -0.15) is 17.0 Å². The summed E-state index contributed by atoms with van der Waals surface area (Å²) < 4.78 is 28.6. The van der Waals surface area contributed by atoms with Gasteiger partial charge in [0.2, 0.25) is 0 Å². The van der Waals surface area contributed by atoms with Crippen LogP contribution in [-0.2, 0) is 23.3 Å². The maximum absolute atomic E-state index is 12.7. The molecule has 0 N–H and O–H groups in total. The highest BCUT2D eigenvalue weighted by Gasteiger charge is 2.33. The molecule has 0 spiro atoms. The Morgan fingerprint density at radius 1 is 0.769 bits per heavy atom. The minimum atomic E-state index is -3.23. The third-order valence-corrected chi connectivity index (χ3v) is 8.75. The van der Waals surface area contributed by atoms with Gasteiger partial charge in [-0.3, -0.25) is 9.80 Å². The van der Waals surface area contributed by atoms with Crippen LogP contribution < -0.4 is 0 Å². The van der Waals surface area contributed by atoms with Gasteiger partial charge in [0.15, 0.2) is 0 Å². The first-order chi connectivity index (χ1) is 12.6. The molecule has 3 aliphatic rings. The Labute approximate surface area is 161 Å². The number of thiophene rings is 1. The smallest absolute Gasteiger partial charge is 0.282 e. The quantitative estimate of drug-likeness (QED) is 0.733. The first kappa shape index (κ1) is 18.8. The van der Waals surface area contributed by atoms with Crippen LogP contribution in [0.1, 0.15) is 36.1 Å². The fourth-order valence-corrected chi connectivity index (χ4v) is 6.80. The molecule has 1 aromatic rings. The Balaban J connectivity index is 1.26. The van der Waals surface area contributed by atoms with Crippen LogP contribution in [0.4, 0.5) is 0 Å². The van der Waals surface area contributed by atoms with E-state index in [2.05, 4.69) is 21.2 Å². The first-order valence-corrected chi connectivity index (χ1v) is 12.2. The molecule has 0 saturated carbocycles. The van der Waals surface area contributed by atoms with E-state index < -0.39 is 10.2 Å². The van der Waals surface area contributed by atoms with Crippen LogP contribution in [0, 0.1) is 0 Å². The van der Waals surface area contributed by atoms with Crippen LogP contribution in [0.2, 0.25) is 0 Å². The summed E-state index contributed by atoms with van der Waals surface area (Å²) in [6.07, 6.45) is 4.66. The van der Waals surface area contributed by atoms with Gasteiger partial charge in [0, 0.05) is 57.2 Å². The van der Waals surface area contributed by atoms with E-state index in [1.54, 1.807) is 8.61 Å². The van der Waals surface area contributed by atoms with Crippen LogP contribution in [0.15, 0.2) is 11.4 Å². The van der Waals surface area contributed by atoms with E-state index in [0.29, 0.717) is 26.2 Å². The van der Waals surface area contributed by atoms with Gasteiger partial charge in [-0.1, -0.05) is 0 Å². The van der Waals surface area contributed by atoms with Gasteiger partial charge in [0.05, 0.1) is 0 Å². The summed E-state index contributed by atoms with van der Waals surface area (Å²) in [5.41, 5.74) is 1.43. The molecule has 6 nitrogen and oxygen atoms in total. The molecular weight excluding hydrogens is 368 g/mol. The summed E-state index contributed by atoms with van der Waals surface area (Å²) in [5, 5.41) is 2.29. The summed E-state index contributed by atoms with van der Waals surface area (Å²) in [5.74, 6) is 0. The van der Waals surface area contributed by atoms with Crippen LogP contribution in [0.25, 0.3) is 0 Å². The average Bonchev–Trinajstić information content (AvgIpc) is 3.39. The fraction of sp³-hybridized carbons (Fsp3) is 0.778. The zero-order valence-corrected chi connectivity index (χ0v) is 17.1. The zero-order valence-electron chi connectivity index (χ0n) is 15.5. The summed E-state index contributed by atoms with van der Waals surface area (Å²) in [4.78, 5) is 6.32. The molecule has 0 aromatic carbocycles. The Hall–Kier alpha value is -0.510. The SMILES string of the molecule is O=S(=O)(N1CCCC1)N1CCN(Cc2cc(CN3CCCC3)cs2)CC1. The van der Waals surface area contributed by atoms with Crippen molar-refractivity contribution in [1.82, 2.24) is 18.4 Å². The number of hydrogen-bond donors (Lipinski definition) is 0. The van der Waals surface area contributed by atoms with E-state index in [9.17, 15) is 8.42 Å². The van der Waals surface area contributed by atoms with Crippen LogP contribution in [0.5, 0.6) is 0 Å². The minimum Gasteiger partial charge on any atom is -0.299 e. The van der Waals surface area contributed by atoms with Crippen LogP contribution in [-0.4, -0.2) is 79.2 Å². The van der Waals surface area contributed by atoms with E-state index in [4.69, 9.17) is 0 Å². The molecule has 1 aromatic heterocycles. The van der Waals surface area contributed by atoms with Crippen molar-refractivity contribution in [3.05, 3.63) is 21.9 Å². The van der Waals surface area contributed by atoms with Gasteiger partial charge in [-0.05, 0) is 55.8 Å². The van der Waals surface area contributed by atoms with Gasteiger partial charge >= 0.3 is 0 Å². The second-order valence-electron chi connectivity index (χ2n) is 7.69. The number of piperazine rings is 1. The van der Waals surface area contributed by atoms with E-state index in [-0.39, 0.29) is 0 Å². The third kappa shape index (κ3) is 4.31. The highest BCUT2D eigenvalue weighted by atomic mass is 32.2. The lowest BCUT2D eigenvalue weighted by molar-refractivity contribution is 0.177. The maximum Gasteiger partial charge on any atom is 0.282 e. The highest BCUT2D eigenvalue weighted by Crippen LogP contribution is 2.22. The molecule has 0 unspecified atom stereocenters. The Bertz CT molecular complexity index is 686. The molecule has 4 rings (SSSR count). The second kappa shape index (κ2) is 8.24. The number of rotatable bonds is 6. The number of likely N-dealkylation sites (tertiary alicyclic amines) is 1. The molecular formula is C18H30N4O2S2. The van der Waals surface area contributed by atoms with Crippen molar-refractivity contribution < 1.29 is 8.42 Å². The minimum absolute atomic E-state index is 0.616. The van der Waals surface area contributed by atoms with Crippen LogP contribution >= 0.6 is 11.3 Å². The molecule has 0 amide bonds. The summed E-state index contributed by atoms with van der Waals surface area (Å²) in [7, 11) is -3.23. The molecule has 0 aliphatic carbocycles. The molecule has 3 aliphatic heterocycles. The van der Waals surface area contributed by atoms with E-state index in [1.807, 2.05) is 11.3 Å². The Morgan fingerprint density at radius 2 is 1.35 bits per heavy atom. The molecule has 146 valence electrons. The van der Waals surface area contributed by atoms with Crippen molar-refractivity contribution >= 4 is 21.5 Å². The second-order valence-corrected chi connectivity index (χ2v) is 10.6. The number of hydrogen-bond acceptors (Lipinski definition) is 5. The lowest BCUT2D eigenvalue weighted by Crippen LogP contribution is -2.52. The van der Waals surface area contributed by atoms with Crippen molar-refractivity contribution in [2.45, 2.75) is 38.8 Å². The van der Waals surface area contributed by atoms with Gasteiger partial charge in [-0.15, -0.1) is 11.3 Å². The summed E-state index contributed by atoms with van der Waals surface area (Å²) >= 11 is 1.84. The Kier molecular flexibility index (Phi) is 5.97. The molecule has 0 bridgehead atoms. The van der Waals surface area contributed by atoms with Crippen molar-refractivity contribution in [2.24, 2.45) is 0 Å². The topological polar surface area (TPSA) is 47.1 Å². The normalized spacial score (nSPS) is 24.6. The van der Waals surface area contributed by atoms with Gasteiger partial charge in [0.25, 0.3) is 10.2 Å². The predicted molar refractivity (Wildman–Crippen MR) is 105 cm³/mol. The van der Waals surface area contributed by atoms with Crippen molar-refractivity contribution in [3.63, 3.8) is 0 Å². The van der Waals surface area contributed by atoms with E-state index in [1.165, 1.54) is 36.4 Å². The lowest BCUT2D eigenvalue weighted by Gasteiger charge is -2.35. The molecule has 0 atom stereocenters. The monoisotopic (exact) mass is 398 g/mol. The predicted octanol–water partition coefficient (Wildman–Crippen LogP) is 1.80. The maximum atomic E-state index is 12.7. The average molecular weight is 399 g/mol. The standard InChI is InChI=1S/C18H30N4O2S2/c23-26(24,21-7-3-4-8-21)22-11-9-20(10-12-22)15-18-13-17(16-25-18)14-19-5-1-2-6-19/h13,16H,1-12,14-15H2. The first-order valence-electron chi connectivity index (χ1n) is 9.87. The molecule has 0 radical (unpaired) electrons. The lowest BCUT2D eigenvalue weighted by atomic mass is 10.2. The van der Waals surface area contributed by atoms with Crippen molar-refractivity contribution in [1.29, 1.82) is 0 Å². The van der Waals surface area contributed by atoms with Crippen molar-refractivity contribution in [2.75, 3.05) is 52.4 Å². The third-order valence-electron chi connectivity index (χ3n) is 5.74. The Morgan fingerprint density at radius 3 is 2.04 bits per heavy atom. The number of nitrogens with zero attached hydrogens (tertiary/aromatic N) is 4. The van der Waals surface area contributed by atoms with Gasteiger partial charge in [0.1, 0.15) is 0 Å². The van der Waals surface area contributed by atoms with Crippen molar-refractivity contribution in [3.8, 4) is 0 Å². The van der Waals surface area contributed by atoms with Gasteiger partial charge in [-0.25, -0.2) is 0 Å². The van der Waals surface area contributed by atoms with E-state index >= 15 is 0 Å². The zero-order chi connectivity index (χ0) is 18.0. The largest absolute Gasteiger partial charge is 0.299 e. The van der Waals surface area contributed by atoms with E-state index in [0.717, 1.165) is 39.0 Å². The molecule has 4 heterocycles.